The highest BCUT2D eigenvalue weighted by Gasteiger charge is 2.15. The highest BCUT2D eigenvalue weighted by Crippen LogP contribution is 2.22. The molecule has 2 aromatic rings. The van der Waals surface area contributed by atoms with Crippen LogP contribution in [0, 0.1) is 0 Å². The van der Waals surface area contributed by atoms with Gasteiger partial charge in [-0.2, -0.15) is 0 Å². The molecule has 0 saturated carbocycles. The van der Waals surface area contributed by atoms with Crippen LogP contribution in [0.2, 0.25) is 0 Å². The van der Waals surface area contributed by atoms with Crippen molar-refractivity contribution >= 4 is 41.3 Å². The number of likely N-dealkylation sites (N-methyl/N-ethyl adjacent to an activating group) is 1. The fourth-order valence-corrected chi connectivity index (χ4v) is 3.47. The molecule has 148 valence electrons. The molecule has 0 aliphatic heterocycles. The maximum atomic E-state index is 5.71. The third-order valence-corrected chi connectivity index (χ3v) is 4.93. The summed E-state index contributed by atoms with van der Waals surface area (Å²) in [5, 5.41) is 8.89. The Morgan fingerprint density at radius 1 is 1.26 bits per heavy atom. The van der Waals surface area contributed by atoms with E-state index in [1.54, 1.807) is 24.5 Å². The Morgan fingerprint density at radius 3 is 2.67 bits per heavy atom. The second-order valence-electron chi connectivity index (χ2n) is 6.01. The number of hydrogen-bond acceptors (Lipinski definition) is 4. The zero-order valence-electron chi connectivity index (χ0n) is 16.1. The molecule has 7 heteroatoms. The van der Waals surface area contributed by atoms with Crippen LogP contribution < -0.4 is 15.4 Å². The second-order valence-corrected chi connectivity index (χ2v) is 6.99. The average Bonchev–Trinajstić information content (AvgIpc) is 3.17. The lowest BCUT2D eigenvalue weighted by molar-refractivity contribution is 0.302. The average molecular weight is 500 g/mol. The molecule has 1 aromatic heterocycles. The van der Waals surface area contributed by atoms with Crippen molar-refractivity contribution in [3.05, 3.63) is 64.9 Å². The summed E-state index contributed by atoms with van der Waals surface area (Å²) >= 11 is 1.77. The molecule has 0 radical (unpaired) electrons. The van der Waals surface area contributed by atoms with E-state index < -0.39 is 0 Å². The first-order valence-corrected chi connectivity index (χ1v) is 9.49. The van der Waals surface area contributed by atoms with Gasteiger partial charge in [0.1, 0.15) is 12.4 Å². The minimum absolute atomic E-state index is 0. The number of rotatable bonds is 9. The summed E-state index contributed by atoms with van der Waals surface area (Å²) in [5.41, 5.74) is 1.08. The topological polar surface area (TPSA) is 48.9 Å². The number of nitrogens with zero attached hydrogens (tertiary/aromatic N) is 2. The number of nitrogens with one attached hydrogen (secondary N) is 2. The van der Waals surface area contributed by atoms with Gasteiger partial charge in [0.05, 0.1) is 6.04 Å². The second kappa shape index (κ2) is 12.7. The van der Waals surface area contributed by atoms with Gasteiger partial charge in [0.25, 0.3) is 0 Å². The predicted molar refractivity (Wildman–Crippen MR) is 126 cm³/mol. The fraction of sp³-hybridized carbons (Fsp3) is 0.350. The molecule has 1 atom stereocenters. The first-order valence-electron chi connectivity index (χ1n) is 8.61. The number of thiophene rings is 1. The molecule has 2 N–H and O–H groups in total. The maximum Gasteiger partial charge on any atom is 0.191 e. The van der Waals surface area contributed by atoms with E-state index >= 15 is 0 Å². The lowest BCUT2D eigenvalue weighted by atomic mass is 10.2. The Labute approximate surface area is 183 Å². The third kappa shape index (κ3) is 7.51. The Kier molecular flexibility index (Phi) is 11.1. The van der Waals surface area contributed by atoms with Crippen LogP contribution in [0.3, 0.4) is 0 Å². The molecule has 27 heavy (non-hydrogen) atoms. The van der Waals surface area contributed by atoms with Crippen molar-refractivity contribution in [3.63, 3.8) is 0 Å². The molecule has 0 aliphatic rings. The summed E-state index contributed by atoms with van der Waals surface area (Å²) in [5.74, 6) is 1.63. The van der Waals surface area contributed by atoms with Crippen molar-refractivity contribution in [2.45, 2.75) is 12.6 Å². The van der Waals surface area contributed by atoms with Crippen LogP contribution in [0.5, 0.6) is 5.75 Å². The fourth-order valence-electron chi connectivity index (χ4n) is 2.55. The number of guanidine groups is 1. The molecular weight excluding hydrogens is 471 g/mol. The summed E-state index contributed by atoms with van der Waals surface area (Å²) in [4.78, 5) is 7.88. The molecule has 5 nitrogen and oxygen atoms in total. The Hall–Kier alpha value is -1.58. The highest BCUT2D eigenvalue weighted by atomic mass is 127. The summed E-state index contributed by atoms with van der Waals surface area (Å²) in [6, 6.07) is 12.5. The van der Waals surface area contributed by atoms with Crippen molar-refractivity contribution in [3.8, 4) is 5.75 Å². The van der Waals surface area contributed by atoms with Crippen LogP contribution in [0.15, 0.2) is 59.4 Å². The van der Waals surface area contributed by atoms with E-state index in [4.69, 9.17) is 4.74 Å². The van der Waals surface area contributed by atoms with Crippen molar-refractivity contribution in [2.75, 3.05) is 34.3 Å². The molecule has 0 amide bonds. The first-order chi connectivity index (χ1) is 12.7. The summed E-state index contributed by atoms with van der Waals surface area (Å²) in [6.07, 6.45) is 1.75. The van der Waals surface area contributed by atoms with Crippen molar-refractivity contribution in [1.29, 1.82) is 0 Å². The summed E-state index contributed by atoms with van der Waals surface area (Å²) in [7, 11) is 5.97. The zero-order valence-corrected chi connectivity index (χ0v) is 19.3. The lowest BCUT2D eigenvalue weighted by Crippen LogP contribution is -2.41. The summed E-state index contributed by atoms with van der Waals surface area (Å²) in [6.45, 7) is 5.61. The minimum atomic E-state index is 0. The molecule has 0 bridgehead atoms. The van der Waals surface area contributed by atoms with Crippen LogP contribution in [0.25, 0.3) is 0 Å². The number of ether oxygens (including phenoxy) is 1. The standard InChI is InChI=1S/C20H28N4OS.HI/c1-5-12-25-18-10-7-6-9-16(18)14-22-20(21-2)23-15-17(24(3)4)19-11-8-13-26-19;/h5-11,13,17H,1,12,14-15H2,2-4H3,(H2,21,22,23);1H. The number of para-hydroxylation sites is 1. The van der Waals surface area contributed by atoms with Gasteiger partial charge in [0, 0.05) is 30.6 Å². The Bertz CT molecular complexity index is 704. The number of benzene rings is 1. The molecule has 1 aromatic carbocycles. The Balaban J connectivity index is 0.00000364. The van der Waals surface area contributed by atoms with E-state index in [1.165, 1.54) is 4.88 Å². The van der Waals surface area contributed by atoms with Gasteiger partial charge in [-0.3, -0.25) is 4.99 Å². The number of hydrogen-bond donors (Lipinski definition) is 2. The smallest absolute Gasteiger partial charge is 0.191 e. The van der Waals surface area contributed by atoms with E-state index in [0.29, 0.717) is 19.2 Å². The van der Waals surface area contributed by atoms with E-state index in [9.17, 15) is 0 Å². The van der Waals surface area contributed by atoms with Gasteiger partial charge < -0.3 is 20.3 Å². The van der Waals surface area contributed by atoms with Gasteiger partial charge in [-0.15, -0.1) is 35.3 Å². The van der Waals surface area contributed by atoms with E-state index in [1.807, 2.05) is 24.3 Å². The largest absolute Gasteiger partial charge is 0.489 e. The van der Waals surface area contributed by atoms with E-state index in [2.05, 4.69) is 58.7 Å². The minimum Gasteiger partial charge on any atom is -0.489 e. The predicted octanol–water partition coefficient (Wildman–Crippen LogP) is 3.90. The van der Waals surface area contributed by atoms with Gasteiger partial charge in [0.2, 0.25) is 0 Å². The molecule has 0 aliphatic carbocycles. The molecule has 0 saturated heterocycles. The normalized spacial score (nSPS) is 12.2. The van der Waals surface area contributed by atoms with Crippen LogP contribution in [-0.2, 0) is 6.54 Å². The lowest BCUT2D eigenvalue weighted by Gasteiger charge is -2.24. The van der Waals surface area contributed by atoms with Gasteiger partial charge in [0.15, 0.2) is 5.96 Å². The van der Waals surface area contributed by atoms with Crippen LogP contribution >= 0.6 is 35.3 Å². The molecule has 0 spiro atoms. The highest BCUT2D eigenvalue weighted by molar-refractivity contribution is 14.0. The van der Waals surface area contributed by atoms with Crippen molar-refractivity contribution in [1.82, 2.24) is 15.5 Å². The monoisotopic (exact) mass is 500 g/mol. The zero-order chi connectivity index (χ0) is 18.8. The van der Waals surface area contributed by atoms with Crippen molar-refractivity contribution in [2.24, 2.45) is 4.99 Å². The molecule has 1 heterocycles. The molecule has 1 unspecified atom stereocenters. The molecule has 2 rings (SSSR count). The van der Waals surface area contributed by atoms with Crippen LogP contribution in [0.1, 0.15) is 16.5 Å². The van der Waals surface area contributed by atoms with Crippen molar-refractivity contribution < 1.29 is 4.74 Å². The third-order valence-electron chi connectivity index (χ3n) is 3.96. The first kappa shape index (κ1) is 23.5. The molecule has 0 fully saturated rings. The quantitative estimate of drug-likeness (QED) is 0.237. The Morgan fingerprint density at radius 2 is 2.04 bits per heavy atom. The van der Waals surface area contributed by atoms with Gasteiger partial charge in [-0.1, -0.05) is 36.9 Å². The number of halogens is 1. The van der Waals surface area contributed by atoms with Gasteiger partial charge in [-0.25, -0.2) is 0 Å². The maximum absolute atomic E-state index is 5.71. The SMILES string of the molecule is C=CCOc1ccccc1CNC(=NC)NCC(c1cccs1)N(C)C.I. The summed E-state index contributed by atoms with van der Waals surface area (Å²) < 4.78 is 5.71. The van der Waals surface area contributed by atoms with Gasteiger partial charge >= 0.3 is 0 Å². The van der Waals surface area contributed by atoms with E-state index in [-0.39, 0.29) is 24.0 Å². The van der Waals surface area contributed by atoms with Crippen LogP contribution in [-0.4, -0.2) is 45.2 Å². The number of aliphatic imine (C=N–C) groups is 1. The van der Waals surface area contributed by atoms with E-state index in [0.717, 1.165) is 23.8 Å². The van der Waals surface area contributed by atoms with Crippen LogP contribution in [0.4, 0.5) is 0 Å². The molecular formula is C20H29IN4OS. The van der Waals surface area contributed by atoms with Gasteiger partial charge in [-0.05, 0) is 31.6 Å².